The van der Waals surface area contributed by atoms with Gasteiger partial charge in [-0.05, 0) is 50.1 Å². The Balaban J connectivity index is 1.56. The fraction of sp³-hybridized carbons (Fsp3) is 0.333. The number of halogens is 8. The van der Waals surface area contributed by atoms with Crippen LogP contribution in [0.25, 0.3) is 11.0 Å². The third-order valence-corrected chi connectivity index (χ3v) is 5.91. The molecular formula is C18H13Br2F6N5. The van der Waals surface area contributed by atoms with Gasteiger partial charge in [-0.1, -0.05) is 0 Å². The summed E-state index contributed by atoms with van der Waals surface area (Å²) in [6, 6.07) is 2.93. The quantitative estimate of drug-likeness (QED) is 0.392. The van der Waals surface area contributed by atoms with Crippen LogP contribution in [0.1, 0.15) is 11.1 Å². The van der Waals surface area contributed by atoms with Crippen molar-refractivity contribution < 1.29 is 26.3 Å². The Kier molecular flexibility index (Phi) is 5.61. The molecule has 31 heavy (non-hydrogen) atoms. The molecule has 5 nitrogen and oxygen atoms in total. The summed E-state index contributed by atoms with van der Waals surface area (Å²) in [7, 11) is 0. The van der Waals surface area contributed by atoms with Crippen molar-refractivity contribution in [3.8, 4) is 0 Å². The van der Waals surface area contributed by atoms with Crippen molar-refractivity contribution in [2.75, 3.05) is 36.0 Å². The van der Waals surface area contributed by atoms with Crippen molar-refractivity contribution in [2.24, 2.45) is 0 Å². The lowest BCUT2D eigenvalue weighted by Crippen LogP contribution is -2.47. The molecule has 0 atom stereocenters. The van der Waals surface area contributed by atoms with E-state index in [1.165, 1.54) is 11.1 Å². The summed E-state index contributed by atoms with van der Waals surface area (Å²) in [5.41, 5.74) is -1.08. The number of rotatable bonds is 2. The number of alkyl halides is 6. The Morgan fingerprint density at radius 2 is 1.52 bits per heavy atom. The molecule has 0 saturated carbocycles. The Labute approximate surface area is 188 Å². The van der Waals surface area contributed by atoms with Crippen molar-refractivity contribution in [1.29, 1.82) is 0 Å². The SMILES string of the molecule is FC(F)(F)c1cc(Br)c2nc(N3CCN(c4ncc(Br)cc4C(F)(F)F)CC3)[nH]c2c1. The second-order valence-electron chi connectivity index (χ2n) is 6.91. The van der Waals surface area contributed by atoms with Crippen LogP contribution in [0.5, 0.6) is 0 Å². The first-order valence-corrected chi connectivity index (χ1v) is 10.5. The standard InChI is InChI=1S/C18H13Br2F6N5/c19-10-7-11(18(24,25)26)15(27-8-10)30-1-3-31(4-2-30)16-28-13-6-9(17(21,22)23)5-12(20)14(13)29-16/h5-8H,1-4H2,(H,28,29). The molecule has 0 radical (unpaired) electrons. The van der Waals surface area contributed by atoms with Gasteiger partial charge < -0.3 is 14.8 Å². The summed E-state index contributed by atoms with van der Waals surface area (Å²) in [6.07, 6.45) is -7.74. The van der Waals surface area contributed by atoms with Crippen molar-refractivity contribution in [2.45, 2.75) is 12.4 Å². The number of aromatic nitrogens is 3. The first-order chi connectivity index (χ1) is 14.4. The molecule has 4 rings (SSSR count). The zero-order valence-corrected chi connectivity index (χ0v) is 18.6. The van der Waals surface area contributed by atoms with Gasteiger partial charge in [0.25, 0.3) is 0 Å². The highest BCUT2D eigenvalue weighted by Crippen LogP contribution is 2.38. The van der Waals surface area contributed by atoms with Gasteiger partial charge in [-0.2, -0.15) is 26.3 Å². The maximum atomic E-state index is 13.4. The zero-order valence-electron chi connectivity index (χ0n) is 15.5. The first-order valence-electron chi connectivity index (χ1n) is 8.92. The minimum absolute atomic E-state index is 0.155. The van der Waals surface area contributed by atoms with Crippen LogP contribution in [0, 0.1) is 0 Å². The number of nitrogens with zero attached hydrogens (tertiary/aromatic N) is 4. The molecule has 1 saturated heterocycles. The van der Waals surface area contributed by atoms with E-state index in [2.05, 4.69) is 46.8 Å². The smallest absolute Gasteiger partial charge is 0.353 e. The van der Waals surface area contributed by atoms with Crippen molar-refractivity contribution >= 4 is 54.7 Å². The van der Waals surface area contributed by atoms with Crippen LogP contribution in [-0.4, -0.2) is 41.1 Å². The maximum absolute atomic E-state index is 13.4. The lowest BCUT2D eigenvalue weighted by atomic mass is 10.2. The number of fused-ring (bicyclic) bond motifs is 1. The molecule has 2 aromatic heterocycles. The number of hydrogen-bond donors (Lipinski definition) is 1. The number of nitrogens with one attached hydrogen (secondary N) is 1. The molecule has 166 valence electrons. The van der Waals surface area contributed by atoms with E-state index >= 15 is 0 Å². The van der Waals surface area contributed by atoms with Crippen LogP contribution in [0.3, 0.4) is 0 Å². The number of aromatic amines is 1. The minimum atomic E-state index is -4.55. The van der Waals surface area contributed by atoms with E-state index in [0.29, 0.717) is 24.6 Å². The summed E-state index contributed by atoms with van der Waals surface area (Å²) in [6.45, 7) is 1.12. The largest absolute Gasteiger partial charge is 0.419 e. The number of pyridine rings is 1. The van der Waals surface area contributed by atoms with E-state index < -0.39 is 23.5 Å². The van der Waals surface area contributed by atoms with Crippen LogP contribution >= 0.6 is 31.9 Å². The molecule has 1 aliphatic heterocycles. The summed E-state index contributed by atoms with van der Waals surface area (Å²) < 4.78 is 79.8. The number of hydrogen-bond acceptors (Lipinski definition) is 4. The predicted octanol–water partition coefficient (Wildman–Crippen LogP) is 5.85. The highest BCUT2D eigenvalue weighted by Gasteiger charge is 2.37. The Morgan fingerprint density at radius 3 is 2.13 bits per heavy atom. The summed E-state index contributed by atoms with van der Waals surface area (Å²) >= 11 is 6.14. The topological polar surface area (TPSA) is 48.1 Å². The van der Waals surface area contributed by atoms with Crippen LogP contribution in [0.2, 0.25) is 0 Å². The highest BCUT2D eigenvalue weighted by atomic mass is 79.9. The summed E-state index contributed by atoms with van der Waals surface area (Å²) in [5.74, 6) is 0.201. The summed E-state index contributed by atoms with van der Waals surface area (Å²) in [5, 5.41) is 0. The lowest BCUT2D eigenvalue weighted by molar-refractivity contribution is -0.138. The molecule has 3 heterocycles. The van der Waals surface area contributed by atoms with Crippen molar-refractivity contribution in [3.05, 3.63) is 44.5 Å². The fourth-order valence-corrected chi connectivity index (χ4v) is 4.28. The van der Waals surface area contributed by atoms with E-state index in [1.54, 1.807) is 4.90 Å². The van der Waals surface area contributed by atoms with E-state index in [0.717, 1.165) is 18.2 Å². The van der Waals surface area contributed by atoms with Gasteiger partial charge in [0.1, 0.15) is 11.3 Å². The van der Waals surface area contributed by atoms with E-state index in [9.17, 15) is 26.3 Å². The molecule has 0 unspecified atom stereocenters. The number of H-pyrrole nitrogens is 1. The molecule has 3 aromatic rings. The first kappa shape index (κ1) is 22.2. The number of benzene rings is 1. The number of anilines is 2. The molecule has 1 N–H and O–H groups in total. The van der Waals surface area contributed by atoms with Gasteiger partial charge in [-0.25, -0.2) is 9.97 Å². The van der Waals surface area contributed by atoms with Gasteiger partial charge in [-0.15, -0.1) is 0 Å². The fourth-order valence-electron chi connectivity index (χ4n) is 3.40. The maximum Gasteiger partial charge on any atom is 0.419 e. The Bertz CT molecular complexity index is 1120. The number of imidazole rings is 1. The van der Waals surface area contributed by atoms with Crippen molar-refractivity contribution in [1.82, 2.24) is 15.0 Å². The molecule has 13 heteroatoms. The lowest BCUT2D eigenvalue weighted by Gasteiger charge is -2.36. The van der Waals surface area contributed by atoms with Gasteiger partial charge in [-0.3, -0.25) is 0 Å². The van der Waals surface area contributed by atoms with Crippen LogP contribution in [0.4, 0.5) is 38.1 Å². The third-order valence-electron chi connectivity index (χ3n) is 4.87. The van der Waals surface area contributed by atoms with E-state index in [4.69, 9.17) is 0 Å². The van der Waals surface area contributed by atoms with Gasteiger partial charge in [0.05, 0.1) is 16.6 Å². The molecule has 0 bridgehead atoms. The highest BCUT2D eigenvalue weighted by molar-refractivity contribution is 9.11. The van der Waals surface area contributed by atoms with Crippen LogP contribution in [0.15, 0.2) is 33.3 Å². The Morgan fingerprint density at radius 1 is 0.871 bits per heavy atom. The number of piperazine rings is 1. The van der Waals surface area contributed by atoms with Gasteiger partial charge in [0, 0.05) is 41.3 Å². The second kappa shape index (κ2) is 7.84. The van der Waals surface area contributed by atoms with Crippen LogP contribution in [-0.2, 0) is 12.4 Å². The molecule has 1 fully saturated rings. The van der Waals surface area contributed by atoms with E-state index in [1.807, 2.05) is 0 Å². The average Bonchev–Trinajstić information content (AvgIpc) is 3.12. The summed E-state index contributed by atoms with van der Waals surface area (Å²) in [4.78, 5) is 14.5. The van der Waals surface area contributed by atoms with E-state index in [-0.39, 0.29) is 33.4 Å². The second-order valence-corrected chi connectivity index (χ2v) is 8.68. The van der Waals surface area contributed by atoms with Gasteiger partial charge >= 0.3 is 12.4 Å². The Hall–Kier alpha value is -2.02. The van der Waals surface area contributed by atoms with Crippen LogP contribution < -0.4 is 9.80 Å². The minimum Gasteiger partial charge on any atom is -0.353 e. The van der Waals surface area contributed by atoms with Gasteiger partial charge in [0.15, 0.2) is 0 Å². The normalized spacial score (nSPS) is 15.7. The molecular weight excluding hydrogens is 560 g/mol. The van der Waals surface area contributed by atoms with Crippen molar-refractivity contribution in [3.63, 3.8) is 0 Å². The molecule has 1 aliphatic rings. The molecule has 0 spiro atoms. The molecule has 0 amide bonds. The molecule has 0 aliphatic carbocycles. The molecule has 1 aromatic carbocycles. The predicted molar refractivity (Wildman–Crippen MR) is 110 cm³/mol. The monoisotopic (exact) mass is 571 g/mol. The third kappa shape index (κ3) is 4.47. The average molecular weight is 573 g/mol. The van der Waals surface area contributed by atoms with Gasteiger partial charge in [0.2, 0.25) is 5.95 Å². The zero-order chi connectivity index (χ0) is 22.6.